The van der Waals surface area contributed by atoms with Crippen LogP contribution in [0.5, 0.6) is 0 Å². The van der Waals surface area contributed by atoms with Crippen molar-refractivity contribution < 1.29 is 23.9 Å². The lowest BCUT2D eigenvalue weighted by Gasteiger charge is -2.46. The number of benzene rings is 1. The summed E-state index contributed by atoms with van der Waals surface area (Å²) < 4.78 is 10.8. The van der Waals surface area contributed by atoms with Gasteiger partial charge in [0.15, 0.2) is 0 Å². The molecule has 0 spiro atoms. The van der Waals surface area contributed by atoms with Gasteiger partial charge in [0.1, 0.15) is 17.7 Å². The van der Waals surface area contributed by atoms with Crippen molar-refractivity contribution in [3.05, 3.63) is 35.9 Å². The standard InChI is InChI=1S/C21H30N2O5/c1-6-10-16(22-20(26)28-21(3,4)5)18(24)23-13-17(14(23)2)27-19(25)15-11-8-7-9-12-15/h7-9,11-12,14,16-17H,6,10,13H2,1-5H3,(H,22,26)/t14?,16-,17?/m0/s1. The van der Waals surface area contributed by atoms with Crippen LogP contribution in [0.25, 0.3) is 0 Å². The van der Waals surface area contributed by atoms with E-state index >= 15 is 0 Å². The van der Waals surface area contributed by atoms with E-state index in [4.69, 9.17) is 9.47 Å². The lowest BCUT2D eigenvalue weighted by atomic mass is 9.98. The van der Waals surface area contributed by atoms with Crippen molar-refractivity contribution in [2.45, 2.75) is 71.2 Å². The molecule has 1 aromatic rings. The molecule has 1 aliphatic heterocycles. The SMILES string of the molecule is CCC[C@H](NC(=O)OC(C)(C)C)C(=O)N1CC(OC(=O)c2ccccc2)C1C. The predicted octanol–water partition coefficient (Wildman–Crippen LogP) is 3.14. The minimum absolute atomic E-state index is 0.188. The molecule has 1 aromatic carbocycles. The fourth-order valence-corrected chi connectivity index (χ4v) is 2.98. The second kappa shape index (κ2) is 9.08. The van der Waals surface area contributed by atoms with E-state index in [9.17, 15) is 14.4 Å². The van der Waals surface area contributed by atoms with E-state index in [1.807, 2.05) is 19.9 Å². The van der Waals surface area contributed by atoms with Crippen LogP contribution in [0.2, 0.25) is 0 Å². The second-order valence-corrected chi connectivity index (χ2v) is 8.03. The molecule has 1 aliphatic rings. The molecule has 7 heteroatoms. The van der Waals surface area contributed by atoms with E-state index < -0.39 is 23.7 Å². The fourth-order valence-electron chi connectivity index (χ4n) is 2.98. The van der Waals surface area contributed by atoms with Gasteiger partial charge in [-0.3, -0.25) is 4.79 Å². The van der Waals surface area contributed by atoms with Crippen LogP contribution in [-0.4, -0.2) is 53.2 Å². The van der Waals surface area contributed by atoms with Crippen molar-refractivity contribution in [2.75, 3.05) is 6.54 Å². The topological polar surface area (TPSA) is 84.9 Å². The zero-order chi connectivity index (χ0) is 20.9. The minimum Gasteiger partial charge on any atom is -0.455 e. The number of nitrogens with zero attached hydrogens (tertiary/aromatic N) is 1. The Labute approximate surface area is 166 Å². The molecule has 1 saturated heterocycles. The molecule has 154 valence electrons. The highest BCUT2D eigenvalue weighted by molar-refractivity contribution is 5.90. The Bertz CT molecular complexity index is 698. The first kappa shape index (κ1) is 21.7. The summed E-state index contributed by atoms with van der Waals surface area (Å²) in [6.07, 6.45) is 0.274. The van der Waals surface area contributed by atoms with E-state index in [1.54, 1.807) is 49.9 Å². The quantitative estimate of drug-likeness (QED) is 0.755. The molecule has 0 bridgehead atoms. The van der Waals surface area contributed by atoms with E-state index in [1.165, 1.54) is 0 Å². The number of carbonyl (C=O) groups excluding carboxylic acids is 3. The van der Waals surface area contributed by atoms with Gasteiger partial charge in [-0.15, -0.1) is 0 Å². The predicted molar refractivity (Wildman–Crippen MR) is 105 cm³/mol. The first-order valence-corrected chi connectivity index (χ1v) is 9.68. The van der Waals surface area contributed by atoms with Gasteiger partial charge in [-0.05, 0) is 46.2 Å². The van der Waals surface area contributed by atoms with Crippen LogP contribution < -0.4 is 5.32 Å². The Morgan fingerprint density at radius 2 is 1.86 bits per heavy atom. The van der Waals surface area contributed by atoms with Crippen LogP contribution in [-0.2, 0) is 14.3 Å². The first-order valence-electron chi connectivity index (χ1n) is 9.68. The summed E-state index contributed by atoms with van der Waals surface area (Å²) in [6, 6.07) is 7.85. The van der Waals surface area contributed by atoms with Crippen molar-refractivity contribution in [3.63, 3.8) is 0 Å². The molecule has 3 atom stereocenters. The maximum absolute atomic E-state index is 12.8. The summed E-state index contributed by atoms with van der Waals surface area (Å²) in [5, 5.41) is 2.67. The van der Waals surface area contributed by atoms with Gasteiger partial charge in [-0.1, -0.05) is 31.5 Å². The maximum atomic E-state index is 12.8. The summed E-state index contributed by atoms with van der Waals surface area (Å²) in [7, 11) is 0. The van der Waals surface area contributed by atoms with Gasteiger partial charge < -0.3 is 19.7 Å². The van der Waals surface area contributed by atoms with Crippen molar-refractivity contribution in [1.82, 2.24) is 10.2 Å². The number of nitrogens with one attached hydrogen (secondary N) is 1. The van der Waals surface area contributed by atoms with Gasteiger partial charge in [-0.2, -0.15) is 0 Å². The van der Waals surface area contributed by atoms with E-state index in [0.717, 1.165) is 6.42 Å². The molecule has 2 amide bonds. The molecule has 1 heterocycles. The number of hydrogen-bond acceptors (Lipinski definition) is 5. The number of rotatable bonds is 6. The van der Waals surface area contributed by atoms with Crippen molar-refractivity contribution >= 4 is 18.0 Å². The maximum Gasteiger partial charge on any atom is 0.408 e. The molecule has 2 rings (SSSR count). The summed E-state index contributed by atoms with van der Waals surface area (Å²) in [4.78, 5) is 38.7. The molecule has 1 N–H and O–H groups in total. The molecule has 0 aromatic heterocycles. The minimum atomic E-state index is -0.659. The molecular weight excluding hydrogens is 360 g/mol. The van der Waals surface area contributed by atoms with Crippen LogP contribution in [0, 0.1) is 0 Å². The third-order valence-electron chi connectivity index (χ3n) is 4.52. The van der Waals surface area contributed by atoms with Crippen LogP contribution in [0.4, 0.5) is 4.79 Å². The first-order chi connectivity index (χ1) is 13.1. The molecular formula is C21H30N2O5. The molecule has 0 saturated carbocycles. The van der Waals surface area contributed by atoms with E-state index in [-0.39, 0.29) is 18.1 Å². The molecule has 0 radical (unpaired) electrons. The molecule has 28 heavy (non-hydrogen) atoms. The number of amides is 2. The number of hydrogen-bond donors (Lipinski definition) is 1. The third kappa shape index (κ3) is 5.71. The monoisotopic (exact) mass is 390 g/mol. The Morgan fingerprint density at radius 3 is 2.39 bits per heavy atom. The Balaban J connectivity index is 1.92. The average molecular weight is 390 g/mol. The van der Waals surface area contributed by atoms with Crippen LogP contribution in [0.3, 0.4) is 0 Å². The Kier molecular flexibility index (Phi) is 7.05. The van der Waals surface area contributed by atoms with Crippen molar-refractivity contribution in [2.24, 2.45) is 0 Å². The van der Waals surface area contributed by atoms with Crippen LogP contribution >= 0.6 is 0 Å². The number of likely N-dealkylation sites (tertiary alicyclic amines) is 1. The van der Waals surface area contributed by atoms with Crippen LogP contribution in [0.15, 0.2) is 30.3 Å². The van der Waals surface area contributed by atoms with Gasteiger partial charge in [-0.25, -0.2) is 9.59 Å². The van der Waals surface area contributed by atoms with Gasteiger partial charge in [0, 0.05) is 0 Å². The lowest BCUT2D eigenvalue weighted by molar-refractivity contribution is -0.152. The highest BCUT2D eigenvalue weighted by Crippen LogP contribution is 2.24. The highest BCUT2D eigenvalue weighted by Gasteiger charge is 2.43. The Morgan fingerprint density at radius 1 is 1.21 bits per heavy atom. The summed E-state index contributed by atoms with van der Waals surface area (Å²) in [5.74, 6) is -0.589. The largest absolute Gasteiger partial charge is 0.455 e. The Hall–Kier alpha value is -2.57. The van der Waals surface area contributed by atoms with Crippen LogP contribution in [0.1, 0.15) is 57.8 Å². The smallest absolute Gasteiger partial charge is 0.408 e. The molecule has 2 unspecified atom stereocenters. The number of ether oxygens (including phenoxy) is 2. The van der Waals surface area contributed by atoms with E-state index in [2.05, 4.69) is 5.32 Å². The van der Waals surface area contributed by atoms with Gasteiger partial charge in [0.05, 0.1) is 18.2 Å². The normalized spacial score (nSPS) is 20.0. The van der Waals surface area contributed by atoms with Crippen molar-refractivity contribution in [1.29, 1.82) is 0 Å². The molecule has 1 fully saturated rings. The summed E-state index contributed by atoms with van der Waals surface area (Å²) in [5.41, 5.74) is -0.153. The molecule has 0 aliphatic carbocycles. The zero-order valence-corrected chi connectivity index (χ0v) is 17.2. The second-order valence-electron chi connectivity index (χ2n) is 8.03. The zero-order valence-electron chi connectivity index (χ0n) is 17.2. The number of carbonyl (C=O) groups is 3. The summed E-state index contributed by atoms with van der Waals surface area (Å²) in [6.45, 7) is 9.40. The summed E-state index contributed by atoms with van der Waals surface area (Å²) >= 11 is 0. The lowest BCUT2D eigenvalue weighted by Crippen LogP contribution is -2.65. The van der Waals surface area contributed by atoms with Crippen molar-refractivity contribution in [3.8, 4) is 0 Å². The number of esters is 1. The highest BCUT2D eigenvalue weighted by atomic mass is 16.6. The van der Waals surface area contributed by atoms with E-state index in [0.29, 0.717) is 18.5 Å². The number of alkyl carbamates (subject to hydrolysis) is 1. The molecule has 7 nitrogen and oxygen atoms in total. The fraction of sp³-hybridized carbons (Fsp3) is 0.571. The third-order valence-corrected chi connectivity index (χ3v) is 4.52. The average Bonchev–Trinajstić information content (AvgIpc) is 2.62. The van der Waals surface area contributed by atoms with Gasteiger partial charge >= 0.3 is 12.1 Å². The van der Waals surface area contributed by atoms with Gasteiger partial charge in [0.25, 0.3) is 0 Å². The van der Waals surface area contributed by atoms with Gasteiger partial charge in [0.2, 0.25) is 5.91 Å².